The van der Waals surface area contributed by atoms with Gasteiger partial charge >= 0.3 is 0 Å². The van der Waals surface area contributed by atoms with Crippen LogP contribution in [0.1, 0.15) is 32.4 Å². The second-order valence-corrected chi connectivity index (χ2v) is 7.66. The molecule has 0 radical (unpaired) electrons. The van der Waals surface area contributed by atoms with Crippen LogP contribution in [0.3, 0.4) is 0 Å². The van der Waals surface area contributed by atoms with Gasteiger partial charge in [0.1, 0.15) is 28.3 Å². The third kappa shape index (κ3) is 3.48. The van der Waals surface area contributed by atoms with E-state index in [1.807, 2.05) is 32.9 Å². The van der Waals surface area contributed by atoms with Gasteiger partial charge in [-0.25, -0.2) is 4.99 Å². The normalized spacial score (nSPS) is 18.1. The smallest absolute Gasteiger partial charge is 0.254 e. The zero-order valence-electron chi connectivity index (χ0n) is 17.7. The van der Waals surface area contributed by atoms with E-state index in [2.05, 4.69) is 11.1 Å². The Balaban J connectivity index is 2.26. The summed E-state index contributed by atoms with van der Waals surface area (Å²) in [6, 6.07) is 6.98. The van der Waals surface area contributed by atoms with Crippen LogP contribution in [0.5, 0.6) is 11.5 Å². The van der Waals surface area contributed by atoms with Crippen molar-refractivity contribution < 1.29 is 14.3 Å². The van der Waals surface area contributed by atoms with Crippen LogP contribution in [0.25, 0.3) is 0 Å². The van der Waals surface area contributed by atoms with Crippen LogP contribution in [-0.4, -0.2) is 48.2 Å². The minimum absolute atomic E-state index is 0.119. The van der Waals surface area contributed by atoms with E-state index in [1.54, 1.807) is 30.1 Å². The average molecular weight is 428 g/mol. The maximum Gasteiger partial charge on any atom is 0.254 e. The van der Waals surface area contributed by atoms with Crippen molar-refractivity contribution in [1.29, 1.82) is 5.26 Å². The van der Waals surface area contributed by atoms with Crippen LogP contribution < -0.4 is 15.2 Å². The molecule has 2 N–H and O–H groups in total. The Morgan fingerprint density at radius 3 is 2.60 bits per heavy atom. The largest absolute Gasteiger partial charge is 0.497 e. The molecule has 1 amide bonds. The molecule has 3 rings (SSSR count). The van der Waals surface area contributed by atoms with Crippen LogP contribution >= 0.6 is 11.8 Å². The monoisotopic (exact) mass is 427 g/mol. The van der Waals surface area contributed by atoms with Crippen LogP contribution in [0.2, 0.25) is 0 Å². The lowest BCUT2D eigenvalue weighted by Gasteiger charge is -2.37. The second kappa shape index (κ2) is 8.71. The number of nitrogens with zero attached hydrogens (tertiary/aromatic N) is 4. The maximum atomic E-state index is 13.5. The summed E-state index contributed by atoms with van der Waals surface area (Å²) in [6.07, 6.45) is 0. The molecule has 0 unspecified atom stereocenters. The quantitative estimate of drug-likeness (QED) is 0.744. The fourth-order valence-corrected chi connectivity index (χ4v) is 4.55. The number of amidine groups is 1. The fraction of sp³-hybridized carbons (Fsp3) is 0.381. The first-order valence-electron chi connectivity index (χ1n) is 9.59. The Bertz CT molecular complexity index is 1000. The molecule has 0 aromatic heterocycles. The molecule has 30 heavy (non-hydrogen) atoms. The van der Waals surface area contributed by atoms with Crippen molar-refractivity contribution in [3.05, 3.63) is 45.8 Å². The number of fused-ring (bicyclic) bond motifs is 1. The average Bonchev–Trinajstić information content (AvgIpc) is 3.08. The first-order valence-corrected chi connectivity index (χ1v) is 10.4. The van der Waals surface area contributed by atoms with E-state index in [1.165, 1.54) is 11.8 Å². The summed E-state index contributed by atoms with van der Waals surface area (Å²) in [4.78, 5) is 22.0. The van der Waals surface area contributed by atoms with E-state index in [0.29, 0.717) is 45.9 Å². The van der Waals surface area contributed by atoms with E-state index in [0.717, 1.165) is 5.56 Å². The summed E-state index contributed by atoms with van der Waals surface area (Å²) < 4.78 is 11.0. The molecule has 1 atom stereocenters. The minimum atomic E-state index is -0.579. The topological polar surface area (TPSA) is 104 Å². The Labute approximate surface area is 180 Å². The van der Waals surface area contributed by atoms with E-state index >= 15 is 0 Å². The Kier molecular flexibility index (Phi) is 6.27. The molecule has 0 saturated heterocycles. The number of ether oxygens (including phenoxy) is 2. The number of thioether (sulfide) groups is 1. The van der Waals surface area contributed by atoms with Gasteiger partial charge in [0, 0.05) is 24.7 Å². The second-order valence-electron chi connectivity index (χ2n) is 6.68. The zero-order valence-corrected chi connectivity index (χ0v) is 18.5. The van der Waals surface area contributed by atoms with Crippen LogP contribution in [0.15, 0.2) is 45.2 Å². The number of carbonyl (C=O) groups excluding carboxylic acids is 1. The number of amides is 1. The van der Waals surface area contributed by atoms with Crippen LogP contribution in [0, 0.1) is 11.3 Å². The maximum absolute atomic E-state index is 13.5. The summed E-state index contributed by atoms with van der Waals surface area (Å²) in [5.74, 6) is 1.35. The molecule has 1 aromatic carbocycles. The SMILES string of the molecule is CCN(CC)C(=O)C1=C(C)N=C2SC(C#N)=C(N)N2[C@@H]1c1ccc(OC)cc1OC. The van der Waals surface area contributed by atoms with Crippen molar-refractivity contribution in [2.45, 2.75) is 26.8 Å². The number of methoxy groups -OCH3 is 2. The standard InChI is InChI=1S/C21H25N5O3S/c1-6-25(7-2)20(27)17-12(3)24-21-26(19(23)16(11-22)30-21)18(17)14-9-8-13(28-4)10-15(14)29-5/h8-10,18H,6-7,23H2,1-5H3/t18-/m1/s1. The predicted octanol–water partition coefficient (Wildman–Crippen LogP) is 2.96. The van der Waals surface area contributed by atoms with Crippen molar-refractivity contribution in [2.75, 3.05) is 27.3 Å². The number of hydrogen-bond donors (Lipinski definition) is 1. The van der Waals surface area contributed by atoms with Crippen molar-refractivity contribution in [1.82, 2.24) is 9.80 Å². The number of nitrogens with two attached hydrogens (primary N) is 1. The number of rotatable bonds is 6. The predicted molar refractivity (Wildman–Crippen MR) is 117 cm³/mol. The highest BCUT2D eigenvalue weighted by molar-refractivity contribution is 8.17. The van der Waals surface area contributed by atoms with Gasteiger partial charge in [0.25, 0.3) is 5.91 Å². The molecule has 0 aliphatic carbocycles. The number of benzene rings is 1. The number of aliphatic imine (C=N–C) groups is 1. The first-order chi connectivity index (χ1) is 14.4. The molecule has 0 fully saturated rings. The Morgan fingerprint density at radius 2 is 2.03 bits per heavy atom. The highest BCUT2D eigenvalue weighted by Gasteiger charge is 2.43. The van der Waals surface area contributed by atoms with Crippen LogP contribution in [-0.2, 0) is 4.79 Å². The van der Waals surface area contributed by atoms with Crippen molar-refractivity contribution in [3.63, 3.8) is 0 Å². The van der Waals surface area contributed by atoms with Gasteiger partial charge in [-0.1, -0.05) is 0 Å². The fourth-order valence-electron chi connectivity index (χ4n) is 3.63. The minimum Gasteiger partial charge on any atom is -0.497 e. The summed E-state index contributed by atoms with van der Waals surface area (Å²) in [5, 5.41) is 10.1. The number of likely N-dealkylation sites (N-methyl/N-ethyl adjacent to an activating group) is 1. The molecule has 2 aliphatic heterocycles. The number of carbonyl (C=O) groups is 1. The molecule has 1 aromatic rings. The molecule has 2 heterocycles. The number of hydrogen-bond acceptors (Lipinski definition) is 8. The molecular formula is C21H25N5O3S. The van der Waals surface area contributed by atoms with Gasteiger partial charge in [-0.15, -0.1) is 0 Å². The number of allylic oxidation sites excluding steroid dienone is 2. The molecule has 0 bridgehead atoms. The zero-order chi connectivity index (χ0) is 22.0. The lowest BCUT2D eigenvalue weighted by molar-refractivity contribution is -0.127. The van der Waals surface area contributed by atoms with E-state index < -0.39 is 6.04 Å². The van der Waals surface area contributed by atoms with Gasteiger partial charge in [0.15, 0.2) is 5.17 Å². The Hall–Kier alpha value is -3.12. The van der Waals surface area contributed by atoms with Crippen molar-refractivity contribution >= 4 is 22.8 Å². The summed E-state index contributed by atoms with van der Waals surface area (Å²) in [5.41, 5.74) is 8.18. The molecule has 0 spiro atoms. The van der Waals surface area contributed by atoms with Gasteiger partial charge in [-0.05, 0) is 44.7 Å². The van der Waals surface area contributed by atoms with E-state index in [9.17, 15) is 10.1 Å². The molecule has 2 aliphatic rings. The molecule has 8 nitrogen and oxygen atoms in total. The summed E-state index contributed by atoms with van der Waals surface area (Å²) in [7, 11) is 3.15. The molecule has 9 heteroatoms. The highest BCUT2D eigenvalue weighted by atomic mass is 32.2. The lowest BCUT2D eigenvalue weighted by Crippen LogP contribution is -2.42. The Morgan fingerprint density at radius 1 is 1.33 bits per heavy atom. The van der Waals surface area contributed by atoms with Gasteiger partial charge in [0.2, 0.25) is 0 Å². The third-order valence-corrected chi connectivity index (χ3v) is 6.17. The van der Waals surface area contributed by atoms with Gasteiger partial charge < -0.3 is 20.1 Å². The van der Waals surface area contributed by atoms with Crippen molar-refractivity contribution in [2.24, 2.45) is 10.7 Å². The number of nitriles is 1. The lowest BCUT2D eigenvalue weighted by atomic mass is 9.92. The first kappa shape index (κ1) is 21.6. The van der Waals surface area contributed by atoms with Crippen LogP contribution in [0.4, 0.5) is 0 Å². The summed E-state index contributed by atoms with van der Waals surface area (Å²) in [6.45, 7) is 6.82. The summed E-state index contributed by atoms with van der Waals surface area (Å²) >= 11 is 1.20. The third-order valence-electron chi connectivity index (χ3n) is 5.19. The van der Waals surface area contributed by atoms with Crippen molar-refractivity contribution in [3.8, 4) is 17.6 Å². The molecule has 158 valence electrons. The molecule has 0 saturated carbocycles. The van der Waals surface area contributed by atoms with Gasteiger partial charge in [-0.2, -0.15) is 5.26 Å². The van der Waals surface area contributed by atoms with Gasteiger partial charge in [0.05, 0.1) is 31.5 Å². The van der Waals surface area contributed by atoms with E-state index in [-0.39, 0.29) is 11.7 Å². The van der Waals surface area contributed by atoms with E-state index in [4.69, 9.17) is 15.2 Å². The highest BCUT2D eigenvalue weighted by Crippen LogP contribution is 2.47. The molecular weight excluding hydrogens is 402 g/mol. The van der Waals surface area contributed by atoms with Gasteiger partial charge in [-0.3, -0.25) is 9.69 Å².